The summed E-state index contributed by atoms with van der Waals surface area (Å²) in [4.78, 5) is 26.1. The van der Waals surface area contributed by atoms with Crippen molar-refractivity contribution in [1.82, 2.24) is 4.90 Å². The van der Waals surface area contributed by atoms with Crippen LogP contribution < -0.4 is 4.74 Å². The summed E-state index contributed by atoms with van der Waals surface area (Å²) in [7, 11) is 0. The highest BCUT2D eigenvalue weighted by Gasteiger charge is 2.32. The first-order chi connectivity index (χ1) is 17.3. The second-order valence-corrected chi connectivity index (χ2v) is 10.2. The van der Waals surface area contributed by atoms with Gasteiger partial charge in [0, 0.05) is 23.6 Å². The zero-order chi connectivity index (χ0) is 25.7. The van der Waals surface area contributed by atoms with Crippen molar-refractivity contribution >= 4 is 23.5 Å². The molecule has 0 saturated carbocycles. The van der Waals surface area contributed by atoms with Gasteiger partial charge in [-0.1, -0.05) is 67.4 Å². The van der Waals surface area contributed by atoms with E-state index in [2.05, 4.69) is 38.1 Å². The molecule has 0 bridgehead atoms. The number of aliphatic carboxylic acids is 1. The molecule has 1 heterocycles. The molecular weight excluding hydrogens is 474 g/mol. The van der Waals surface area contributed by atoms with Gasteiger partial charge in [-0.15, -0.1) is 0 Å². The van der Waals surface area contributed by atoms with Crippen LogP contribution in [0, 0.1) is 0 Å². The van der Waals surface area contributed by atoms with E-state index in [0.717, 1.165) is 43.4 Å². The number of amides is 1. The predicted molar refractivity (Wildman–Crippen MR) is 142 cm³/mol. The number of halogens is 1. The molecule has 4 rings (SSSR count). The average Bonchev–Trinajstić information content (AvgIpc) is 2.85. The number of carboxylic acid groups (broad SMARTS) is 1. The summed E-state index contributed by atoms with van der Waals surface area (Å²) in [5.74, 6) is -0.644. The quantitative estimate of drug-likeness (QED) is 0.368. The van der Waals surface area contributed by atoms with Crippen LogP contribution in [0.25, 0.3) is 0 Å². The molecule has 5 nitrogen and oxygen atoms in total. The topological polar surface area (TPSA) is 66.8 Å². The van der Waals surface area contributed by atoms with Crippen LogP contribution in [0.4, 0.5) is 0 Å². The molecule has 36 heavy (non-hydrogen) atoms. The highest BCUT2D eigenvalue weighted by atomic mass is 35.5. The summed E-state index contributed by atoms with van der Waals surface area (Å²) >= 11 is 6.25. The summed E-state index contributed by atoms with van der Waals surface area (Å²) in [5.41, 5.74) is 4.38. The van der Waals surface area contributed by atoms with Crippen molar-refractivity contribution in [2.45, 2.75) is 58.1 Å². The number of rotatable bonds is 9. The van der Waals surface area contributed by atoms with Crippen molar-refractivity contribution in [2.24, 2.45) is 0 Å². The highest BCUT2D eigenvalue weighted by Crippen LogP contribution is 2.36. The molecule has 1 aliphatic rings. The van der Waals surface area contributed by atoms with E-state index in [1.165, 1.54) is 16.0 Å². The lowest BCUT2D eigenvalue weighted by atomic mass is 9.86. The maximum Gasteiger partial charge on any atom is 0.323 e. The van der Waals surface area contributed by atoms with Gasteiger partial charge in [0.25, 0.3) is 5.91 Å². The zero-order valence-corrected chi connectivity index (χ0v) is 21.6. The average molecular weight is 506 g/mol. The Labute approximate surface area is 217 Å². The van der Waals surface area contributed by atoms with Gasteiger partial charge in [-0.2, -0.15) is 0 Å². The second-order valence-electron chi connectivity index (χ2n) is 9.76. The molecule has 0 radical (unpaired) electrons. The maximum absolute atomic E-state index is 13.3. The number of carbonyl (C=O) groups excluding carboxylic acids is 1. The van der Waals surface area contributed by atoms with Crippen LogP contribution in [0.2, 0.25) is 5.02 Å². The molecule has 1 amide bonds. The Balaban J connectivity index is 1.49. The third-order valence-corrected chi connectivity index (χ3v) is 7.03. The molecule has 3 aromatic rings. The van der Waals surface area contributed by atoms with Crippen molar-refractivity contribution in [2.75, 3.05) is 6.54 Å². The second kappa shape index (κ2) is 11.2. The summed E-state index contributed by atoms with van der Waals surface area (Å²) in [5, 5.41) is 9.89. The first kappa shape index (κ1) is 25.8. The Bertz CT molecular complexity index is 1240. The third-order valence-electron chi connectivity index (χ3n) is 6.66. The number of nitrogens with zero attached hydrogens (tertiary/aromatic N) is 1. The largest absolute Gasteiger partial charge is 0.487 e. The highest BCUT2D eigenvalue weighted by molar-refractivity contribution is 6.31. The van der Waals surface area contributed by atoms with E-state index in [-0.39, 0.29) is 18.1 Å². The van der Waals surface area contributed by atoms with Gasteiger partial charge in [-0.3, -0.25) is 9.59 Å². The van der Waals surface area contributed by atoms with E-state index in [0.29, 0.717) is 16.1 Å². The minimum atomic E-state index is -1.07. The van der Waals surface area contributed by atoms with Crippen LogP contribution in [-0.2, 0) is 30.6 Å². The molecule has 0 saturated heterocycles. The van der Waals surface area contributed by atoms with Gasteiger partial charge in [0.2, 0.25) is 0 Å². The van der Waals surface area contributed by atoms with Crippen LogP contribution in [0.1, 0.15) is 59.3 Å². The molecule has 0 aromatic heterocycles. The molecule has 1 N–H and O–H groups in total. The number of fused-ring (bicyclic) bond motifs is 1. The fourth-order valence-electron chi connectivity index (χ4n) is 4.77. The van der Waals surface area contributed by atoms with E-state index in [9.17, 15) is 14.7 Å². The SMILES string of the molecule is CCCc1ccc(C[C@@]2(C)CCc3cc(C(=O)N(CC(=O)O)Cc4ccccc4Cl)ccc3O2)cc1. The van der Waals surface area contributed by atoms with Gasteiger partial charge in [0.15, 0.2) is 0 Å². The van der Waals surface area contributed by atoms with Crippen LogP contribution in [0.15, 0.2) is 66.7 Å². The number of aryl methyl sites for hydroxylation is 2. The number of hydrogen-bond acceptors (Lipinski definition) is 3. The molecular formula is C30H32ClNO4. The summed E-state index contributed by atoms with van der Waals surface area (Å²) in [6.45, 7) is 4.03. The summed E-state index contributed by atoms with van der Waals surface area (Å²) < 4.78 is 6.44. The number of benzene rings is 3. The van der Waals surface area contributed by atoms with Crippen molar-refractivity contribution in [1.29, 1.82) is 0 Å². The first-order valence-electron chi connectivity index (χ1n) is 12.4. The predicted octanol–water partition coefficient (Wildman–Crippen LogP) is 6.35. The molecule has 0 fully saturated rings. The van der Waals surface area contributed by atoms with E-state index in [1.807, 2.05) is 18.2 Å². The van der Waals surface area contributed by atoms with Crippen molar-refractivity contribution < 1.29 is 19.4 Å². The third kappa shape index (κ3) is 6.27. The van der Waals surface area contributed by atoms with Gasteiger partial charge in [-0.25, -0.2) is 0 Å². The first-order valence-corrected chi connectivity index (χ1v) is 12.8. The van der Waals surface area contributed by atoms with Crippen molar-refractivity contribution in [3.8, 4) is 5.75 Å². The summed E-state index contributed by atoms with van der Waals surface area (Å²) in [6, 6.07) is 21.3. The molecule has 0 unspecified atom stereocenters. The number of carbonyl (C=O) groups is 2. The van der Waals surface area contributed by atoms with E-state index in [4.69, 9.17) is 16.3 Å². The minimum absolute atomic E-state index is 0.119. The Morgan fingerprint density at radius 1 is 1.06 bits per heavy atom. The van der Waals surface area contributed by atoms with Crippen LogP contribution in [-0.4, -0.2) is 34.0 Å². The molecule has 0 spiro atoms. The van der Waals surface area contributed by atoms with Gasteiger partial charge < -0.3 is 14.7 Å². The van der Waals surface area contributed by atoms with E-state index >= 15 is 0 Å². The lowest BCUT2D eigenvalue weighted by molar-refractivity contribution is -0.137. The lowest BCUT2D eigenvalue weighted by Gasteiger charge is -2.36. The monoisotopic (exact) mass is 505 g/mol. The van der Waals surface area contributed by atoms with E-state index < -0.39 is 12.5 Å². The van der Waals surface area contributed by atoms with Gasteiger partial charge in [-0.05, 0) is 72.7 Å². The normalized spacial score (nSPS) is 16.6. The Morgan fingerprint density at radius 2 is 1.78 bits per heavy atom. The van der Waals surface area contributed by atoms with Gasteiger partial charge >= 0.3 is 5.97 Å². The zero-order valence-electron chi connectivity index (χ0n) is 20.8. The van der Waals surface area contributed by atoms with Crippen molar-refractivity contribution in [3.63, 3.8) is 0 Å². The number of carboxylic acids is 1. The molecule has 0 aliphatic carbocycles. The van der Waals surface area contributed by atoms with Crippen LogP contribution in [0.5, 0.6) is 5.75 Å². The standard InChI is InChI=1S/C30H32ClNO4/c1-3-6-21-9-11-22(12-10-21)18-30(2)16-15-23-17-24(13-14-27(23)36-30)29(35)32(20-28(33)34)19-25-7-4-5-8-26(25)31/h4-5,7-14,17H,3,6,15-16,18-20H2,1-2H3,(H,33,34)/t30-/m1/s1. The van der Waals surface area contributed by atoms with Crippen LogP contribution in [0.3, 0.4) is 0 Å². The number of ether oxygens (including phenoxy) is 1. The minimum Gasteiger partial charge on any atom is -0.487 e. The van der Waals surface area contributed by atoms with Gasteiger partial charge in [0.1, 0.15) is 17.9 Å². The molecule has 1 aliphatic heterocycles. The lowest BCUT2D eigenvalue weighted by Crippen LogP contribution is -2.39. The fourth-order valence-corrected chi connectivity index (χ4v) is 4.96. The molecule has 3 aromatic carbocycles. The van der Waals surface area contributed by atoms with Crippen LogP contribution >= 0.6 is 11.6 Å². The number of hydrogen-bond donors (Lipinski definition) is 1. The maximum atomic E-state index is 13.3. The molecule has 1 atom stereocenters. The van der Waals surface area contributed by atoms with Crippen molar-refractivity contribution in [3.05, 3.63) is 99.6 Å². The Hall–Kier alpha value is -3.31. The fraction of sp³-hybridized carbons (Fsp3) is 0.333. The smallest absolute Gasteiger partial charge is 0.323 e. The Kier molecular flexibility index (Phi) is 8.00. The molecule has 6 heteroatoms. The summed E-state index contributed by atoms with van der Waals surface area (Å²) in [6.07, 6.45) is 4.64. The van der Waals surface area contributed by atoms with Gasteiger partial charge in [0.05, 0.1) is 0 Å². The molecule has 188 valence electrons. The Morgan fingerprint density at radius 3 is 2.47 bits per heavy atom. The van der Waals surface area contributed by atoms with E-state index in [1.54, 1.807) is 24.3 Å².